The lowest BCUT2D eigenvalue weighted by molar-refractivity contribution is -0.121. The Labute approximate surface area is 131 Å². The molecule has 0 spiro atoms. The first-order valence-corrected chi connectivity index (χ1v) is 7.69. The fourth-order valence-electron chi connectivity index (χ4n) is 2.15. The molecule has 0 aliphatic heterocycles. The van der Waals surface area contributed by atoms with Crippen LogP contribution in [0.2, 0.25) is 0 Å². The third-order valence-electron chi connectivity index (χ3n) is 3.48. The van der Waals surface area contributed by atoms with Gasteiger partial charge in [0.05, 0.1) is 19.1 Å². The molecule has 2 aromatic rings. The Morgan fingerprint density at radius 2 is 2.18 bits per heavy atom. The second-order valence-corrected chi connectivity index (χ2v) is 5.35. The minimum absolute atomic E-state index is 0.0481. The number of amides is 1. The van der Waals surface area contributed by atoms with E-state index >= 15 is 0 Å². The molecular formula is C18H23NO3. The zero-order valence-corrected chi connectivity index (χ0v) is 13.2. The van der Waals surface area contributed by atoms with Gasteiger partial charge < -0.3 is 14.5 Å². The first-order chi connectivity index (χ1) is 10.7. The van der Waals surface area contributed by atoms with Crippen molar-refractivity contribution in [2.24, 2.45) is 0 Å². The number of aryl methyl sites for hydroxylation is 2. The molecule has 0 aliphatic carbocycles. The monoisotopic (exact) mass is 301 g/mol. The van der Waals surface area contributed by atoms with Crippen molar-refractivity contribution in [1.82, 2.24) is 5.32 Å². The van der Waals surface area contributed by atoms with Crippen molar-refractivity contribution in [2.45, 2.75) is 39.7 Å². The van der Waals surface area contributed by atoms with Crippen molar-refractivity contribution in [3.8, 4) is 5.75 Å². The number of hydrogen-bond donors (Lipinski definition) is 1. The molecule has 0 atom stereocenters. The smallest absolute Gasteiger partial charge is 0.220 e. The molecule has 1 N–H and O–H groups in total. The van der Waals surface area contributed by atoms with Crippen LogP contribution in [-0.2, 0) is 17.8 Å². The Kier molecular flexibility index (Phi) is 6.07. The number of ether oxygens (including phenoxy) is 1. The standard InChI is InChI=1S/C18H23NO3/c1-3-9-22-17-6-5-16(14(2)11-17)12-19-18(20)7-4-15-8-10-21-13-15/h5-6,8,10-11,13H,3-4,7,9,12H2,1-2H3,(H,19,20). The highest BCUT2D eigenvalue weighted by atomic mass is 16.5. The lowest BCUT2D eigenvalue weighted by Gasteiger charge is -2.10. The summed E-state index contributed by atoms with van der Waals surface area (Å²) in [5.74, 6) is 0.932. The van der Waals surface area contributed by atoms with Crippen LogP contribution in [0.3, 0.4) is 0 Å². The van der Waals surface area contributed by atoms with Gasteiger partial charge in [0.1, 0.15) is 5.75 Å². The Bertz CT molecular complexity index is 590. The maximum absolute atomic E-state index is 11.9. The molecule has 0 unspecified atom stereocenters. The average Bonchev–Trinajstić information content (AvgIpc) is 3.03. The highest BCUT2D eigenvalue weighted by Gasteiger charge is 2.05. The van der Waals surface area contributed by atoms with Gasteiger partial charge in [0.15, 0.2) is 0 Å². The highest BCUT2D eigenvalue weighted by molar-refractivity contribution is 5.76. The number of hydrogen-bond acceptors (Lipinski definition) is 3. The Hall–Kier alpha value is -2.23. The second kappa shape index (κ2) is 8.27. The highest BCUT2D eigenvalue weighted by Crippen LogP contribution is 2.17. The van der Waals surface area contributed by atoms with Gasteiger partial charge in [-0.3, -0.25) is 4.79 Å². The molecule has 2 rings (SSSR count). The van der Waals surface area contributed by atoms with E-state index in [1.54, 1.807) is 12.5 Å². The molecule has 0 bridgehead atoms. The van der Waals surface area contributed by atoms with Gasteiger partial charge in [0.2, 0.25) is 5.91 Å². The van der Waals surface area contributed by atoms with Crippen molar-refractivity contribution in [1.29, 1.82) is 0 Å². The van der Waals surface area contributed by atoms with Crippen molar-refractivity contribution in [3.05, 3.63) is 53.5 Å². The predicted octanol–water partition coefficient (Wildman–Crippen LogP) is 3.63. The molecule has 118 valence electrons. The number of benzene rings is 1. The predicted molar refractivity (Wildman–Crippen MR) is 85.8 cm³/mol. The summed E-state index contributed by atoms with van der Waals surface area (Å²) in [6.45, 7) is 5.39. The van der Waals surface area contributed by atoms with E-state index in [1.165, 1.54) is 0 Å². The molecule has 0 radical (unpaired) electrons. The first kappa shape index (κ1) is 16.1. The van der Waals surface area contributed by atoms with Crippen molar-refractivity contribution in [2.75, 3.05) is 6.61 Å². The summed E-state index contributed by atoms with van der Waals surface area (Å²) in [7, 11) is 0. The molecule has 0 fully saturated rings. The lowest BCUT2D eigenvalue weighted by Crippen LogP contribution is -2.23. The van der Waals surface area contributed by atoms with Gasteiger partial charge in [0.25, 0.3) is 0 Å². The molecule has 0 aliphatic rings. The van der Waals surface area contributed by atoms with Gasteiger partial charge in [-0.25, -0.2) is 0 Å². The third-order valence-corrected chi connectivity index (χ3v) is 3.48. The Morgan fingerprint density at radius 3 is 2.86 bits per heavy atom. The summed E-state index contributed by atoms with van der Waals surface area (Å²) in [6, 6.07) is 7.86. The van der Waals surface area contributed by atoms with Crippen LogP contribution in [0.4, 0.5) is 0 Å². The van der Waals surface area contributed by atoms with E-state index < -0.39 is 0 Å². The summed E-state index contributed by atoms with van der Waals surface area (Å²) in [4.78, 5) is 11.9. The summed E-state index contributed by atoms with van der Waals surface area (Å²) < 4.78 is 10.6. The maximum atomic E-state index is 11.9. The molecule has 1 aromatic heterocycles. The molecule has 1 aromatic carbocycles. The van der Waals surface area contributed by atoms with Crippen LogP contribution in [-0.4, -0.2) is 12.5 Å². The van der Waals surface area contributed by atoms with Crippen LogP contribution in [0.5, 0.6) is 5.75 Å². The van der Waals surface area contributed by atoms with Gasteiger partial charge in [-0.2, -0.15) is 0 Å². The normalized spacial score (nSPS) is 10.5. The Balaban J connectivity index is 1.79. The minimum Gasteiger partial charge on any atom is -0.494 e. The fourth-order valence-corrected chi connectivity index (χ4v) is 2.15. The summed E-state index contributed by atoms with van der Waals surface area (Å²) in [6.07, 6.45) is 5.46. The van der Waals surface area contributed by atoms with E-state index in [0.29, 0.717) is 19.4 Å². The summed E-state index contributed by atoms with van der Waals surface area (Å²) >= 11 is 0. The molecule has 1 heterocycles. The van der Waals surface area contributed by atoms with Crippen LogP contribution >= 0.6 is 0 Å². The lowest BCUT2D eigenvalue weighted by atomic mass is 10.1. The average molecular weight is 301 g/mol. The van der Waals surface area contributed by atoms with Crippen LogP contribution < -0.4 is 10.1 Å². The quantitative estimate of drug-likeness (QED) is 0.810. The van der Waals surface area contributed by atoms with Crippen LogP contribution in [0.1, 0.15) is 36.5 Å². The molecule has 1 amide bonds. The van der Waals surface area contributed by atoms with Gasteiger partial charge in [-0.05, 0) is 54.7 Å². The SMILES string of the molecule is CCCOc1ccc(CNC(=O)CCc2ccoc2)c(C)c1. The number of carbonyl (C=O) groups is 1. The van der Waals surface area contributed by atoms with Gasteiger partial charge in [-0.15, -0.1) is 0 Å². The number of nitrogens with one attached hydrogen (secondary N) is 1. The van der Waals surface area contributed by atoms with Crippen LogP contribution in [0.25, 0.3) is 0 Å². The van der Waals surface area contributed by atoms with E-state index in [2.05, 4.69) is 12.2 Å². The van der Waals surface area contributed by atoms with Crippen LogP contribution in [0.15, 0.2) is 41.2 Å². The minimum atomic E-state index is 0.0481. The molecule has 4 heteroatoms. The summed E-state index contributed by atoms with van der Waals surface area (Å²) in [5.41, 5.74) is 3.29. The second-order valence-electron chi connectivity index (χ2n) is 5.35. The number of rotatable bonds is 8. The summed E-state index contributed by atoms with van der Waals surface area (Å²) in [5, 5.41) is 2.95. The first-order valence-electron chi connectivity index (χ1n) is 7.69. The van der Waals surface area contributed by atoms with Crippen molar-refractivity contribution >= 4 is 5.91 Å². The Morgan fingerprint density at radius 1 is 1.32 bits per heavy atom. The molecule has 0 saturated carbocycles. The molecule has 0 saturated heterocycles. The van der Waals surface area contributed by atoms with Gasteiger partial charge in [0, 0.05) is 13.0 Å². The fraction of sp³-hybridized carbons (Fsp3) is 0.389. The zero-order valence-electron chi connectivity index (χ0n) is 13.2. The zero-order chi connectivity index (χ0) is 15.8. The van der Waals surface area contributed by atoms with Gasteiger partial charge in [-0.1, -0.05) is 13.0 Å². The van der Waals surface area contributed by atoms with Crippen LogP contribution in [0, 0.1) is 6.92 Å². The molecule has 4 nitrogen and oxygen atoms in total. The third kappa shape index (κ3) is 4.95. The van der Waals surface area contributed by atoms with E-state index in [9.17, 15) is 4.79 Å². The van der Waals surface area contributed by atoms with Crippen molar-refractivity contribution in [3.63, 3.8) is 0 Å². The van der Waals surface area contributed by atoms with E-state index in [4.69, 9.17) is 9.15 Å². The topological polar surface area (TPSA) is 51.5 Å². The van der Waals surface area contributed by atoms with E-state index in [1.807, 2.05) is 31.2 Å². The maximum Gasteiger partial charge on any atom is 0.220 e. The van der Waals surface area contributed by atoms with E-state index in [-0.39, 0.29) is 5.91 Å². The van der Waals surface area contributed by atoms with Gasteiger partial charge >= 0.3 is 0 Å². The van der Waals surface area contributed by atoms with Crippen molar-refractivity contribution < 1.29 is 13.9 Å². The molecular weight excluding hydrogens is 278 g/mol. The number of furan rings is 1. The van der Waals surface area contributed by atoms with E-state index in [0.717, 1.165) is 35.5 Å². The molecule has 22 heavy (non-hydrogen) atoms. The largest absolute Gasteiger partial charge is 0.494 e. The number of carbonyl (C=O) groups excluding carboxylic acids is 1.